The first-order chi connectivity index (χ1) is 10.1. The van der Waals surface area contributed by atoms with Gasteiger partial charge in [-0.3, -0.25) is 4.79 Å². The number of carbonyl (C=O) groups excluding carboxylic acids is 1. The normalized spacial score (nSPS) is 34.7. The van der Waals surface area contributed by atoms with Crippen molar-refractivity contribution in [3.8, 4) is 0 Å². The van der Waals surface area contributed by atoms with Gasteiger partial charge in [0, 0.05) is 19.6 Å². The first-order valence-corrected chi connectivity index (χ1v) is 8.83. The van der Waals surface area contributed by atoms with E-state index < -0.39 is 0 Å². The number of carbonyl (C=O) groups is 1. The molecule has 0 radical (unpaired) electrons. The zero-order chi connectivity index (χ0) is 14.8. The van der Waals surface area contributed by atoms with Crippen LogP contribution in [-0.4, -0.2) is 61.5 Å². The highest BCUT2D eigenvalue weighted by Gasteiger charge is 2.39. The van der Waals surface area contributed by atoms with Crippen LogP contribution in [0.2, 0.25) is 0 Å². The van der Waals surface area contributed by atoms with Crippen LogP contribution in [0.4, 0.5) is 0 Å². The van der Waals surface area contributed by atoms with Crippen molar-refractivity contribution in [1.29, 1.82) is 0 Å². The van der Waals surface area contributed by atoms with Gasteiger partial charge in [-0.25, -0.2) is 0 Å². The maximum atomic E-state index is 12.7. The van der Waals surface area contributed by atoms with Crippen molar-refractivity contribution in [3.05, 3.63) is 0 Å². The molecular weight excluding hydrogens is 262 g/mol. The minimum absolute atomic E-state index is 0.0920. The number of fused-ring (bicyclic) bond motifs is 1. The molecule has 1 saturated carbocycles. The van der Waals surface area contributed by atoms with Crippen molar-refractivity contribution < 1.29 is 4.79 Å². The molecule has 120 valence electrons. The van der Waals surface area contributed by atoms with Crippen molar-refractivity contribution in [2.45, 2.75) is 57.0 Å². The number of likely N-dealkylation sites (tertiary alicyclic amines) is 1. The smallest absolute Gasteiger partial charge is 0.239 e. The van der Waals surface area contributed by atoms with Gasteiger partial charge < -0.3 is 15.1 Å². The highest BCUT2D eigenvalue weighted by molar-refractivity contribution is 5.82. The van der Waals surface area contributed by atoms with Crippen molar-refractivity contribution >= 4 is 5.91 Å². The summed E-state index contributed by atoms with van der Waals surface area (Å²) >= 11 is 0. The monoisotopic (exact) mass is 293 g/mol. The van der Waals surface area contributed by atoms with Crippen LogP contribution in [0.1, 0.15) is 44.9 Å². The molecule has 0 aromatic carbocycles. The molecular formula is C17H31N3O. The number of hydrogen-bond donors (Lipinski definition) is 1. The Balaban J connectivity index is 1.48. The zero-order valence-corrected chi connectivity index (χ0v) is 13.7. The van der Waals surface area contributed by atoms with E-state index in [4.69, 9.17) is 0 Å². The molecule has 2 aliphatic heterocycles. The number of rotatable bonds is 3. The van der Waals surface area contributed by atoms with E-state index >= 15 is 0 Å². The fourth-order valence-corrected chi connectivity index (χ4v) is 4.50. The molecule has 0 bridgehead atoms. The molecule has 4 heteroatoms. The first-order valence-electron chi connectivity index (χ1n) is 8.83. The number of piperidine rings is 1. The van der Waals surface area contributed by atoms with Gasteiger partial charge in [-0.1, -0.05) is 12.8 Å². The molecule has 2 saturated heterocycles. The molecule has 1 aliphatic carbocycles. The summed E-state index contributed by atoms with van der Waals surface area (Å²) in [6, 6.07) is 0.707. The quantitative estimate of drug-likeness (QED) is 0.860. The Morgan fingerprint density at radius 3 is 2.62 bits per heavy atom. The number of nitrogens with zero attached hydrogens (tertiary/aromatic N) is 2. The van der Waals surface area contributed by atoms with Gasteiger partial charge >= 0.3 is 0 Å². The third-order valence-corrected chi connectivity index (χ3v) is 5.91. The van der Waals surface area contributed by atoms with Crippen molar-refractivity contribution in [2.75, 3.05) is 33.7 Å². The van der Waals surface area contributed by atoms with Crippen molar-refractivity contribution in [1.82, 2.24) is 15.1 Å². The fourth-order valence-electron chi connectivity index (χ4n) is 4.50. The average Bonchev–Trinajstić information content (AvgIpc) is 2.92. The summed E-state index contributed by atoms with van der Waals surface area (Å²) in [6.45, 7) is 3.30. The second kappa shape index (κ2) is 6.66. The lowest BCUT2D eigenvalue weighted by atomic mass is 9.85. The van der Waals surface area contributed by atoms with Crippen LogP contribution in [0.5, 0.6) is 0 Å². The van der Waals surface area contributed by atoms with Gasteiger partial charge in [0.05, 0.1) is 6.04 Å². The predicted molar refractivity (Wildman–Crippen MR) is 85.1 cm³/mol. The highest BCUT2D eigenvalue weighted by Crippen LogP contribution is 2.33. The molecule has 1 amide bonds. The van der Waals surface area contributed by atoms with Crippen LogP contribution in [0.3, 0.4) is 0 Å². The van der Waals surface area contributed by atoms with Crippen LogP contribution in [0.15, 0.2) is 0 Å². The van der Waals surface area contributed by atoms with Gasteiger partial charge in [-0.2, -0.15) is 0 Å². The molecule has 3 unspecified atom stereocenters. The standard InChI is InChI=1S/C17H31N3O/c1-19-9-7-13(8-10-19)12-20(2)17(21)16-11-14-5-3-4-6-15(14)18-16/h13-16,18H,3-12H2,1-2H3. The van der Waals surface area contributed by atoms with E-state index in [9.17, 15) is 4.79 Å². The molecule has 21 heavy (non-hydrogen) atoms. The Morgan fingerprint density at radius 2 is 1.90 bits per heavy atom. The van der Waals surface area contributed by atoms with Crippen molar-refractivity contribution in [2.24, 2.45) is 11.8 Å². The van der Waals surface area contributed by atoms with Gasteiger partial charge in [0.15, 0.2) is 0 Å². The third-order valence-electron chi connectivity index (χ3n) is 5.91. The van der Waals surface area contributed by atoms with Crippen molar-refractivity contribution in [3.63, 3.8) is 0 Å². The lowest BCUT2D eigenvalue weighted by molar-refractivity contribution is -0.132. The lowest BCUT2D eigenvalue weighted by Crippen LogP contribution is -2.46. The van der Waals surface area contributed by atoms with E-state index in [-0.39, 0.29) is 6.04 Å². The van der Waals surface area contributed by atoms with E-state index in [0.29, 0.717) is 17.9 Å². The summed E-state index contributed by atoms with van der Waals surface area (Å²) in [5.41, 5.74) is 0. The Morgan fingerprint density at radius 1 is 1.19 bits per heavy atom. The molecule has 0 spiro atoms. The number of likely N-dealkylation sites (N-methyl/N-ethyl adjacent to an activating group) is 1. The Hall–Kier alpha value is -0.610. The SMILES string of the molecule is CN1CCC(CN(C)C(=O)C2CC3CCCCC3N2)CC1. The second-order valence-corrected chi connectivity index (χ2v) is 7.57. The van der Waals surface area contributed by atoms with E-state index in [2.05, 4.69) is 17.3 Å². The average molecular weight is 293 g/mol. The summed E-state index contributed by atoms with van der Waals surface area (Å²) in [5.74, 6) is 1.78. The molecule has 0 aromatic heterocycles. The lowest BCUT2D eigenvalue weighted by Gasteiger charge is -2.32. The fraction of sp³-hybridized carbons (Fsp3) is 0.941. The van der Waals surface area contributed by atoms with E-state index in [0.717, 1.165) is 18.9 Å². The summed E-state index contributed by atoms with van der Waals surface area (Å²) in [5, 5.41) is 3.62. The van der Waals surface area contributed by atoms with Gasteiger partial charge in [0.2, 0.25) is 5.91 Å². The topological polar surface area (TPSA) is 35.6 Å². The highest BCUT2D eigenvalue weighted by atomic mass is 16.2. The molecule has 1 N–H and O–H groups in total. The second-order valence-electron chi connectivity index (χ2n) is 7.57. The molecule has 0 aromatic rings. The Bertz CT molecular complexity index is 351. The zero-order valence-electron chi connectivity index (χ0n) is 13.7. The predicted octanol–water partition coefficient (Wildman–Crippen LogP) is 1.71. The van der Waals surface area contributed by atoms with Crippen LogP contribution in [0.25, 0.3) is 0 Å². The van der Waals surface area contributed by atoms with E-state index in [1.54, 1.807) is 0 Å². The van der Waals surface area contributed by atoms with E-state index in [1.165, 1.54) is 51.6 Å². The molecule has 4 nitrogen and oxygen atoms in total. The Labute approximate surface area is 129 Å². The van der Waals surface area contributed by atoms with Crippen LogP contribution >= 0.6 is 0 Å². The minimum atomic E-state index is 0.0920. The molecule has 3 rings (SSSR count). The number of nitrogens with one attached hydrogen (secondary N) is 1. The third kappa shape index (κ3) is 3.59. The van der Waals surface area contributed by atoms with Crippen LogP contribution in [0, 0.1) is 11.8 Å². The van der Waals surface area contributed by atoms with Gasteiger partial charge in [0.1, 0.15) is 0 Å². The summed E-state index contributed by atoms with van der Waals surface area (Å²) < 4.78 is 0. The first kappa shape index (κ1) is 15.3. The minimum Gasteiger partial charge on any atom is -0.344 e. The van der Waals surface area contributed by atoms with E-state index in [1.807, 2.05) is 11.9 Å². The summed E-state index contributed by atoms with van der Waals surface area (Å²) in [6.07, 6.45) is 8.82. The maximum Gasteiger partial charge on any atom is 0.239 e. The van der Waals surface area contributed by atoms with Crippen LogP contribution in [-0.2, 0) is 4.79 Å². The summed E-state index contributed by atoms with van der Waals surface area (Å²) in [4.78, 5) is 17.1. The molecule has 3 aliphatic rings. The van der Waals surface area contributed by atoms with Gasteiger partial charge in [-0.05, 0) is 64.1 Å². The molecule has 3 atom stereocenters. The maximum absolute atomic E-state index is 12.7. The summed E-state index contributed by atoms with van der Waals surface area (Å²) in [7, 11) is 4.19. The number of amides is 1. The van der Waals surface area contributed by atoms with Crippen LogP contribution < -0.4 is 5.32 Å². The molecule has 2 heterocycles. The number of hydrogen-bond acceptors (Lipinski definition) is 3. The molecule has 3 fully saturated rings. The van der Waals surface area contributed by atoms with Gasteiger partial charge in [0.25, 0.3) is 0 Å². The van der Waals surface area contributed by atoms with Gasteiger partial charge in [-0.15, -0.1) is 0 Å². The largest absolute Gasteiger partial charge is 0.344 e. The Kier molecular flexibility index (Phi) is 4.85.